The first kappa shape index (κ1) is 29.8. The van der Waals surface area contributed by atoms with Crippen molar-refractivity contribution in [2.45, 2.75) is 77.4 Å². The van der Waals surface area contributed by atoms with Crippen LogP contribution in [0.5, 0.6) is 5.75 Å². The summed E-state index contributed by atoms with van der Waals surface area (Å²) in [5, 5.41) is 8.10. The number of alkyl halides is 2. The predicted octanol–water partition coefficient (Wildman–Crippen LogP) is 4.11. The quantitative estimate of drug-likeness (QED) is 0.475. The maximum atomic E-state index is 14.4. The van der Waals surface area contributed by atoms with Crippen molar-refractivity contribution in [2.75, 3.05) is 19.6 Å². The molecule has 2 aliphatic heterocycles. The molecule has 2 saturated carbocycles. The predicted molar refractivity (Wildman–Crippen MR) is 152 cm³/mol. The molecule has 13 heteroatoms. The van der Waals surface area contributed by atoms with Crippen molar-refractivity contribution in [3.8, 4) is 5.75 Å². The van der Waals surface area contributed by atoms with Gasteiger partial charge in [0.05, 0.1) is 17.4 Å². The topological polar surface area (TPSA) is 124 Å². The molecule has 0 bridgehead atoms. The second-order valence-electron chi connectivity index (χ2n) is 12.9. The van der Waals surface area contributed by atoms with E-state index in [0.717, 1.165) is 35.9 Å². The molecular formula is C30H37ClF2N6O4. The highest BCUT2D eigenvalue weighted by atomic mass is 35.5. The van der Waals surface area contributed by atoms with Gasteiger partial charge in [-0.1, -0.05) is 29.7 Å². The van der Waals surface area contributed by atoms with E-state index < -0.39 is 29.7 Å². The van der Waals surface area contributed by atoms with E-state index in [4.69, 9.17) is 22.1 Å². The van der Waals surface area contributed by atoms with Crippen LogP contribution in [0.3, 0.4) is 0 Å². The number of fused-ring (bicyclic) bond motifs is 1. The number of amides is 3. The molecule has 2 N–H and O–H groups in total. The van der Waals surface area contributed by atoms with Crippen molar-refractivity contribution in [3.63, 3.8) is 0 Å². The highest BCUT2D eigenvalue weighted by Crippen LogP contribution is 2.54. The van der Waals surface area contributed by atoms with Gasteiger partial charge in [0.1, 0.15) is 23.7 Å². The number of halogens is 3. The summed E-state index contributed by atoms with van der Waals surface area (Å²) in [4.78, 5) is 43.8. The van der Waals surface area contributed by atoms with Gasteiger partial charge in [0.2, 0.25) is 17.7 Å². The zero-order valence-corrected chi connectivity index (χ0v) is 25.2. The van der Waals surface area contributed by atoms with Crippen molar-refractivity contribution >= 4 is 29.3 Å². The van der Waals surface area contributed by atoms with Crippen molar-refractivity contribution in [1.29, 1.82) is 0 Å². The Hall–Kier alpha value is -3.28. The lowest BCUT2D eigenvalue weighted by atomic mass is 9.66. The molecule has 10 nitrogen and oxygen atoms in total. The summed E-state index contributed by atoms with van der Waals surface area (Å²) < 4.78 is 34.6. The largest absolute Gasteiger partial charge is 0.487 e. The van der Waals surface area contributed by atoms with Gasteiger partial charge in [-0.2, -0.15) is 0 Å². The highest BCUT2D eigenvalue weighted by molar-refractivity contribution is 6.31. The van der Waals surface area contributed by atoms with Crippen molar-refractivity contribution in [2.24, 2.45) is 29.5 Å². The molecule has 4 aliphatic rings. The molecule has 1 saturated heterocycles. The number of nitrogens with two attached hydrogens (primary N) is 1. The van der Waals surface area contributed by atoms with E-state index in [1.807, 2.05) is 4.90 Å². The number of aryl methyl sites for hydroxylation is 1. The fraction of sp³-hybridized carbons (Fsp3) is 0.633. The van der Waals surface area contributed by atoms with Crippen LogP contribution in [0, 0.1) is 16.7 Å². The van der Waals surface area contributed by atoms with Gasteiger partial charge in [0, 0.05) is 43.7 Å². The van der Waals surface area contributed by atoms with Gasteiger partial charge >= 0.3 is 0 Å². The maximum Gasteiger partial charge on any atom is 0.282 e. The molecule has 0 unspecified atom stereocenters. The summed E-state index contributed by atoms with van der Waals surface area (Å²) in [6.45, 7) is 2.71. The average Bonchev–Trinajstić information content (AvgIpc) is 3.50. The lowest BCUT2D eigenvalue weighted by molar-refractivity contribution is -0.152. The third-order valence-electron chi connectivity index (χ3n) is 10.2. The van der Waals surface area contributed by atoms with Gasteiger partial charge in [-0.15, -0.1) is 5.10 Å². The molecule has 0 radical (unpaired) electrons. The fourth-order valence-electron chi connectivity index (χ4n) is 7.38. The van der Waals surface area contributed by atoms with Crippen LogP contribution in [0.1, 0.15) is 86.9 Å². The first-order chi connectivity index (χ1) is 20.4. The van der Waals surface area contributed by atoms with Crippen LogP contribution < -0.4 is 10.5 Å². The zero-order chi connectivity index (χ0) is 30.7. The number of carbonyl (C=O) groups is 3. The van der Waals surface area contributed by atoms with E-state index in [1.165, 1.54) is 7.05 Å². The molecule has 1 aromatic carbocycles. The van der Waals surface area contributed by atoms with Crippen LogP contribution in [0.15, 0.2) is 12.1 Å². The summed E-state index contributed by atoms with van der Waals surface area (Å²) >= 11 is 6.70. The van der Waals surface area contributed by atoms with E-state index in [9.17, 15) is 23.2 Å². The normalized spacial score (nSPS) is 26.2. The number of primary amides is 1. The minimum atomic E-state index is -2.79. The van der Waals surface area contributed by atoms with E-state index >= 15 is 0 Å². The van der Waals surface area contributed by atoms with E-state index in [0.29, 0.717) is 55.1 Å². The Morgan fingerprint density at radius 3 is 2.67 bits per heavy atom. The van der Waals surface area contributed by atoms with Crippen LogP contribution in [0.4, 0.5) is 8.78 Å². The first-order valence-electron chi connectivity index (χ1n) is 14.9. The number of ether oxygens (including phenoxy) is 1. The maximum absolute atomic E-state index is 14.4. The Morgan fingerprint density at radius 1 is 1.23 bits per heavy atom. The molecule has 3 heterocycles. The molecule has 2 aromatic rings. The number of rotatable bonds is 8. The number of hydrogen-bond acceptors (Lipinski definition) is 6. The van der Waals surface area contributed by atoms with Crippen LogP contribution in [0.25, 0.3) is 0 Å². The second kappa shape index (κ2) is 11.0. The molecule has 1 spiro atoms. The average molecular weight is 619 g/mol. The second-order valence-corrected chi connectivity index (χ2v) is 13.3. The molecular weight excluding hydrogens is 582 g/mol. The van der Waals surface area contributed by atoms with Crippen LogP contribution >= 0.6 is 11.6 Å². The Balaban J connectivity index is 1.38. The van der Waals surface area contributed by atoms with Gasteiger partial charge in [-0.05, 0) is 62.1 Å². The van der Waals surface area contributed by atoms with Gasteiger partial charge in [0.15, 0.2) is 0 Å². The molecule has 2 aliphatic carbocycles. The smallest absolute Gasteiger partial charge is 0.282 e. The van der Waals surface area contributed by atoms with Crippen molar-refractivity contribution in [1.82, 2.24) is 24.8 Å². The van der Waals surface area contributed by atoms with Crippen LogP contribution in [-0.4, -0.2) is 62.1 Å². The first-order valence-corrected chi connectivity index (χ1v) is 15.3. The van der Waals surface area contributed by atoms with Gasteiger partial charge < -0.3 is 20.3 Å². The van der Waals surface area contributed by atoms with Crippen LogP contribution in [0.2, 0.25) is 5.02 Å². The Bertz CT molecular complexity index is 1460. The monoisotopic (exact) mass is 618 g/mol. The van der Waals surface area contributed by atoms with Gasteiger partial charge in [-0.25, -0.2) is 13.5 Å². The SMILES string of the molecule is Cn1nnc(COc2ccc(Cl)c3c2[C@@H](CN2CC4(CC4)CC2=O)N(C(=O)[C@@H]2CCCC[C@]2(C)C(N)=O)CC3)c1C(F)F. The van der Waals surface area contributed by atoms with Crippen molar-refractivity contribution in [3.05, 3.63) is 39.7 Å². The van der Waals surface area contributed by atoms with E-state index in [1.54, 1.807) is 24.0 Å². The fourth-order valence-corrected chi connectivity index (χ4v) is 7.63. The highest BCUT2D eigenvalue weighted by Gasteiger charge is 2.53. The number of aromatic nitrogens is 3. The standard InChI is InChI=1S/C30H37ClF2N6O4/c1-29(28(34)42)9-4-3-5-18(29)27(41)39-12-8-17-19(31)6-7-22(43-15-20-25(26(32)33)37(2)36-35-20)24(17)21(39)14-38-16-30(10-11-30)13-23(38)40/h6-7,18,21,26H,3-5,8-16H2,1-2H3,(H2,34,42)/t18-,21+,29-/m0/s1. The van der Waals surface area contributed by atoms with E-state index in [-0.39, 0.29) is 41.8 Å². The molecule has 3 fully saturated rings. The Morgan fingerprint density at radius 2 is 2.00 bits per heavy atom. The molecule has 3 atom stereocenters. The van der Waals surface area contributed by atoms with Gasteiger partial charge in [-0.3, -0.25) is 14.4 Å². The van der Waals surface area contributed by atoms with Crippen molar-refractivity contribution < 1.29 is 27.9 Å². The number of likely N-dealkylation sites (tertiary alicyclic amines) is 1. The lowest BCUT2D eigenvalue weighted by Gasteiger charge is -2.45. The lowest BCUT2D eigenvalue weighted by Crippen LogP contribution is -2.54. The Kier molecular flexibility index (Phi) is 7.63. The molecule has 232 valence electrons. The zero-order valence-electron chi connectivity index (χ0n) is 24.5. The van der Waals surface area contributed by atoms with Gasteiger partial charge in [0.25, 0.3) is 6.43 Å². The number of benzene rings is 1. The third kappa shape index (κ3) is 5.25. The number of carbonyl (C=O) groups excluding carboxylic acids is 3. The summed E-state index contributed by atoms with van der Waals surface area (Å²) in [5.74, 6) is -0.840. The number of hydrogen-bond donors (Lipinski definition) is 1. The summed E-state index contributed by atoms with van der Waals surface area (Å²) in [5.41, 5.74) is 6.01. The molecule has 1 aromatic heterocycles. The minimum Gasteiger partial charge on any atom is -0.487 e. The molecule has 43 heavy (non-hydrogen) atoms. The summed E-state index contributed by atoms with van der Waals surface area (Å²) in [6.07, 6.45) is 2.84. The molecule has 6 rings (SSSR count). The Labute approximate surface area is 253 Å². The third-order valence-corrected chi connectivity index (χ3v) is 10.5. The summed E-state index contributed by atoms with van der Waals surface area (Å²) in [7, 11) is 1.40. The summed E-state index contributed by atoms with van der Waals surface area (Å²) in [6, 6.07) is 2.75. The number of nitrogens with zero attached hydrogens (tertiary/aromatic N) is 5. The van der Waals surface area contributed by atoms with Crippen LogP contribution in [-0.2, 0) is 34.5 Å². The minimum absolute atomic E-state index is 0.00585. The molecule has 3 amide bonds. The van der Waals surface area contributed by atoms with E-state index in [2.05, 4.69) is 10.3 Å².